The van der Waals surface area contributed by atoms with Gasteiger partial charge in [0.1, 0.15) is 5.82 Å². The van der Waals surface area contributed by atoms with Gasteiger partial charge >= 0.3 is 0 Å². The lowest BCUT2D eigenvalue weighted by Gasteiger charge is -2.23. The number of para-hydroxylation sites is 1. The molecule has 3 rings (SSSR count). The molecule has 1 aromatic heterocycles. The van der Waals surface area contributed by atoms with Gasteiger partial charge in [0.2, 0.25) is 0 Å². The van der Waals surface area contributed by atoms with Crippen molar-refractivity contribution in [2.75, 3.05) is 10.0 Å². The first-order valence-electron chi connectivity index (χ1n) is 9.07. The number of aromatic nitrogens is 1. The Hall–Kier alpha value is -2.86. The number of nitrogens with one attached hydrogen (secondary N) is 2. The molecule has 6 heteroatoms. The Morgan fingerprint density at radius 3 is 2.32 bits per heavy atom. The minimum atomic E-state index is -3.64. The van der Waals surface area contributed by atoms with E-state index in [0.29, 0.717) is 11.5 Å². The lowest BCUT2D eigenvalue weighted by atomic mass is 9.86. The number of hydrogen-bond acceptors (Lipinski definition) is 4. The van der Waals surface area contributed by atoms with Crippen LogP contribution in [-0.2, 0) is 15.4 Å². The first-order chi connectivity index (χ1) is 13.1. The van der Waals surface area contributed by atoms with Gasteiger partial charge < -0.3 is 5.32 Å². The van der Waals surface area contributed by atoms with Gasteiger partial charge in [0, 0.05) is 5.69 Å². The van der Waals surface area contributed by atoms with Crippen LogP contribution in [0.25, 0.3) is 0 Å². The van der Waals surface area contributed by atoms with Gasteiger partial charge in [-0.2, -0.15) is 0 Å². The molecule has 0 saturated heterocycles. The van der Waals surface area contributed by atoms with E-state index in [-0.39, 0.29) is 10.3 Å². The Morgan fingerprint density at radius 1 is 0.929 bits per heavy atom. The zero-order valence-corrected chi connectivity index (χ0v) is 17.3. The number of nitrogens with zero attached hydrogens (tertiary/aromatic N) is 1. The van der Waals surface area contributed by atoms with Crippen molar-refractivity contribution in [3.63, 3.8) is 0 Å². The highest BCUT2D eigenvalue weighted by molar-refractivity contribution is 7.92. The van der Waals surface area contributed by atoms with E-state index < -0.39 is 10.0 Å². The molecule has 146 valence electrons. The van der Waals surface area contributed by atoms with E-state index in [9.17, 15) is 8.42 Å². The van der Waals surface area contributed by atoms with Crippen molar-refractivity contribution in [3.05, 3.63) is 78.0 Å². The van der Waals surface area contributed by atoms with Crippen LogP contribution in [0.2, 0.25) is 0 Å². The van der Waals surface area contributed by atoms with Gasteiger partial charge in [-0.15, -0.1) is 0 Å². The number of sulfonamides is 1. The number of rotatable bonds is 5. The Balaban J connectivity index is 1.78. The predicted molar refractivity (Wildman–Crippen MR) is 115 cm³/mol. The van der Waals surface area contributed by atoms with Crippen LogP contribution in [0.3, 0.4) is 0 Å². The average molecular weight is 396 g/mol. The van der Waals surface area contributed by atoms with E-state index in [1.165, 1.54) is 11.8 Å². The third kappa shape index (κ3) is 4.70. The first-order valence-corrected chi connectivity index (χ1v) is 10.6. The lowest BCUT2D eigenvalue weighted by Crippen LogP contribution is -2.14. The zero-order valence-electron chi connectivity index (χ0n) is 16.5. The van der Waals surface area contributed by atoms with Gasteiger partial charge in [0.15, 0.2) is 0 Å². The molecule has 2 N–H and O–H groups in total. The van der Waals surface area contributed by atoms with Crippen molar-refractivity contribution >= 4 is 27.2 Å². The number of benzene rings is 2. The van der Waals surface area contributed by atoms with E-state index >= 15 is 0 Å². The van der Waals surface area contributed by atoms with Crippen LogP contribution < -0.4 is 10.0 Å². The van der Waals surface area contributed by atoms with Crippen molar-refractivity contribution < 1.29 is 8.42 Å². The molecular formula is C22H25N3O2S. The fourth-order valence-corrected chi connectivity index (χ4v) is 4.06. The highest BCUT2D eigenvalue weighted by atomic mass is 32.2. The Kier molecular flexibility index (Phi) is 5.42. The standard InChI is InChI=1S/C22H25N3O2S/c1-16-8-7-9-18(14-16)28(26,27)25-17-12-13-21(23-15-17)24-20-11-6-5-10-19(20)22(2,3)4/h5-15,25H,1-4H3,(H,23,24). The third-order valence-electron chi connectivity index (χ3n) is 4.31. The molecule has 0 fully saturated rings. The molecule has 0 radical (unpaired) electrons. The number of hydrogen-bond donors (Lipinski definition) is 2. The fourth-order valence-electron chi connectivity index (χ4n) is 2.91. The molecule has 0 aliphatic rings. The van der Waals surface area contributed by atoms with Gasteiger partial charge in [-0.3, -0.25) is 4.72 Å². The van der Waals surface area contributed by atoms with Crippen LogP contribution in [0.1, 0.15) is 31.9 Å². The molecule has 28 heavy (non-hydrogen) atoms. The van der Waals surface area contributed by atoms with Crippen molar-refractivity contribution in [2.45, 2.75) is 38.0 Å². The maximum absolute atomic E-state index is 12.5. The zero-order chi connectivity index (χ0) is 20.4. The summed E-state index contributed by atoms with van der Waals surface area (Å²) < 4.78 is 27.6. The molecule has 0 saturated carbocycles. The normalized spacial score (nSPS) is 11.9. The highest BCUT2D eigenvalue weighted by Crippen LogP contribution is 2.31. The smallest absolute Gasteiger partial charge is 0.261 e. The summed E-state index contributed by atoms with van der Waals surface area (Å²) in [5.74, 6) is 0.648. The van der Waals surface area contributed by atoms with Crippen LogP contribution in [0.15, 0.2) is 71.8 Å². The van der Waals surface area contributed by atoms with Gasteiger partial charge in [-0.05, 0) is 53.8 Å². The minimum Gasteiger partial charge on any atom is -0.340 e. The van der Waals surface area contributed by atoms with Gasteiger partial charge in [0.25, 0.3) is 10.0 Å². The summed E-state index contributed by atoms with van der Waals surface area (Å²) in [4.78, 5) is 4.58. The maximum atomic E-state index is 12.5. The van der Waals surface area contributed by atoms with Crippen molar-refractivity contribution in [3.8, 4) is 0 Å². The van der Waals surface area contributed by atoms with Crippen molar-refractivity contribution in [2.24, 2.45) is 0 Å². The molecule has 0 bridgehead atoms. The largest absolute Gasteiger partial charge is 0.340 e. The van der Waals surface area contributed by atoms with E-state index in [2.05, 4.69) is 41.9 Å². The monoisotopic (exact) mass is 395 g/mol. The molecular weight excluding hydrogens is 370 g/mol. The Labute approximate surface area is 166 Å². The molecule has 3 aromatic rings. The van der Waals surface area contributed by atoms with E-state index in [4.69, 9.17) is 0 Å². The van der Waals surface area contributed by atoms with Crippen LogP contribution in [0.4, 0.5) is 17.2 Å². The molecule has 0 amide bonds. The van der Waals surface area contributed by atoms with E-state index in [1.807, 2.05) is 31.2 Å². The number of pyridine rings is 1. The van der Waals surface area contributed by atoms with Crippen LogP contribution >= 0.6 is 0 Å². The second kappa shape index (κ2) is 7.64. The van der Waals surface area contributed by atoms with Crippen LogP contribution in [0, 0.1) is 6.92 Å². The minimum absolute atomic E-state index is 0.00696. The molecule has 0 unspecified atom stereocenters. The topological polar surface area (TPSA) is 71.1 Å². The highest BCUT2D eigenvalue weighted by Gasteiger charge is 2.18. The Morgan fingerprint density at radius 2 is 1.68 bits per heavy atom. The second-order valence-corrected chi connectivity index (χ2v) is 9.46. The van der Waals surface area contributed by atoms with Gasteiger partial charge in [-0.25, -0.2) is 13.4 Å². The summed E-state index contributed by atoms with van der Waals surface area (Å²) >= 11 is 0. The number of aryl methyl sites for hydroxylation is 1. The first kappa shape index (κ1) is 19.9. The lowest BCUT2D eigenvalue weighted by molar-refractivity contribution is 0.592. The van der Waals surface area contributed by atoms with Gasteiger partial charge in [0.05, 0.1) is 16.8 Å². The predicted octanol–water partition coefficient (Wildman–Crippen LogP) is 5.23. The van der Waals surface area contributed by atoms with Crippen molar-refractivity contribution in [1.82, 2.24) is 4.98 Å². The van der Waals surface area contributed by atoms with Crippen molar-refractivity contribution in [1.29, 1.82) is 0 Å². The summed E-state index contributed by atoms with van der Waals surface area (Å²) in [6.07, 6.45) is 1.51. The van der Waals surface area contributed by atoms with E-state index in [0.717, 1.165) is 11.3 Å². The molecule has 5 nitrogen and oxygen atoms in total. The summed E-state index contributed by atoms with van der Waals surface area (Å²) in [6.45, 7) is 8.33. The summed E-state index contributed by atoms with van der Waals surface area (Å²) in [7, 11) is -3.64. The number of anilines is 3. The summed E-state index contributed by atoms with van der Waals surface area (Å²) in [5, 5.41) is 3.32. The average Bonchev–Trinajstić information content (AvgIpc) is 2.63. The van der Waals surface area contributed by atoms with Gasteiger partial charge in [-0.1, -0.05) is 51.1 Å². The molecule has 0 aliphatic carbocycles. The molecule has 0 aliphatic heterocycles. The second-order valence-electron chi connectivity index (χ2n) is 7.77. The third-order valence-corrected chi connectivity index (χ3v) is 5.69. The SMILES string of the molecule is Cc1cccc(S(=O)(=O)Nc2ccc(Nc3ccccc3C(C)(C)C)nc2)c1. The quantitative estimate of drug-likeness (QED) is 0.620. The summed E-state index contributed by atoms with van der Waals surface area (Å²) in [6, 6.07) is 18.3. The Bertz CT molecular complexity index is 1070. The van der Waals surface area contributed by atoms with Crippen LogP contribution in [-0.4, -0.2) is 13.4 Å². The molecule has 0 atom stereocenters. The molecule has 0 spiro atoms. The fraction of sp³-hybridized carbons (Fsp3) is 0.227. The summed E-state index contributed by atoms with van der Waals surface area (Å²) in [5.41, 5.74) is 3.46. The van der Waals surface area contributed by atoms with E-state index in [1.54, 1.807) is 30.3 Å². The molecule has 2 aromatic carbocycles. The van der Waals surface area contributed by atoms with Crippen LogP contribution in [0.5, 0.6) is 0 Å². The maximum Gasteiger partial charge on any atom is 0.261 e. The molecule has 1 heterocycles.